The van der Waals surface area contributed by atoms with Crippen LogP contribution in [-0.2, 0) is 16.1 Å². The Hall–Kier alpha value is -2.53. The molecule has 1 N–H and O–H groups in total. The van der Waals surface area contributed by atoms with Crippen LogP contribution in [0.5, 0.6) is 11.5 Å². The van der Waals surface area contributed by atoms with Crippen LogP contribution in [0.4, 0.5) is 0 Å². The van der Waals surface area contributed by atoms with Crippen LogP contribution < -0.4 is 4.74 Å². The van der Waals surface area contributed by atoms with Crippen LogP contribution in [0, 0.1) is 0 Å². The second-order valence-corrected chi connectivity index (χ2v) is 5.67. The highest BCUT2D eigenvalue weighted by Gasteiger charge is 2.18. The molecule has 2 aromatic carbocycles. The van der Waals surface area contributed by atoms with Gasteiger partial charge in [-0.15, -0.1) is 0 Å². The van der Waals surface area contributed by atoms with Crippen LogP contribution >= 0.6 is 0 Å². The molecule has 3 rings (SSSR count). The van der Waals surface area contributed by atoms with Gasteiger partial charge in [0.05, 0.1) is 13.2 Å². The van der Waals surface area contributed by atoms with Gasteiger partial charge in [0.25, 0.3) is 0 Å². The van der Waals surface area contributed by atoms with Gasteiger partial charge in [-0.05, 0) is 23.8 Å². The summed E-state index contributed by atoms with van der Waals surface area (Å²) < 4.78 is 16.4. The number of carbonyl (C=O) groups excluding carboxylic acids is 1. The summed E-state index contributed by atoms with van der Waals surface area (Å²) in [4.78, 5) is 12.2. The molecule has 0 saturated carbocycles. The molecule has 1 aliphatic heterocycles. The van der Waals surface area contributed by atoms with E-state index < -0.39 is 5.97 Å². The Labute approximate surface area is 140 Å². The van der Waals surface area contributed by atoms with Crippen molar-refractivity contribution >= 4 is 5.97 Å². The van der Waals surface area contributed by atoms with E-state index in [1.165, 1.54) is 12.1 Å². The van der Waals surface area contributed by atoms with Crippen LogP contribution in [0.25, 0.3) is 0 Å². The summed E-state index contributed by atoms with van der Waals surface area (Å²) >= 11 is 0. The zero-order valence-electron chi connectivity index (χ0n) is 13.3. The summed E-state index contributed by atoms with van der Waals surface area (Å²) in [5, 5.41) is 9.93. The molecular formula is C19H20O5. The van der Waals surface area contributed by atoms with Crippen molar-refractivity contribution < 1.29 is 24.1 Å². The zero-order valence-corrected chi connectivity index (χ0v) is 13.3. The average molecular weight is 328 g/mol. The van der Waals surface area contributed by atoms with Gasteiger partial charge in [0, 0.05) is 12.8 Å². The van der Waals surface area contributed by atoms with Crippen molar-refractivity contribution in [2.45, 2.75) is 25.6 Å². The van der Waals surface area contributed by atoms with Crippen molar-refractivity contribution in [2.24, 2.45) is 0 Å². The maximum atomic E-state index is 12.2. The molecule has 1 fully saturated rings. The molecule has 24 heavy (non-hydrogen) atoms. The first-order chi connectivity index (χ1) is 11.7. The molecule has 1 heterocycles. The molecule has 0 amide bonds. The molecule has 5 heteroatoms. The third-order valence-corrected chi connectivity index (χ3v) is 3.87. The Morgan fingerprint density at radius 3 is 2.62 bits per heavy atom. The summed E-state index contributed by atoms with van der Waals surface area (Å²) in [5.41, 5.74) is 0.996. The van der Waals surface area contributed by atoms with E-state index >= 15 is 0 Å². The Kier molecular flexibility index (Phi) is 5.33. The fourth-order valence-corrected chi connectivity index (χ4v) is 2.54. The second kappa shape index (κ2) is 7.84. The number of phenols is 1. The van der Waals surface area contributed by atoms with Gasteiger partial charge in [0.15, 0.2) is 0 Å². The lowest BCUT2D eigenvalue weighted by Gasteiger charge is -2.23. The minimum atomic E-state index is -0.575. The molecule has 0 bridgehead atoms. The Morgan fingerprint density at radius 1 is 1.12 bits per heavy atom. The first kappa shape index (κ1) is 16.3. The number of rotatable bonds is 5. The number of carbonyl (C=O) groups is 1. The van der Waals surface area contributed by atoms with Gasteiger partial charge in [0.2, 0.25) is 0 Å². The molecule has 1 saturated heterocycles. The number of hydrogen-bond donors (Lipinski definition) is 1. The lowest BCUT2D eigenvalue weighted by molar-refractivity contribution is 0.0253. The molecule has 0 atom stereocenters. The molecular weight excluding hydrogens is 308 g/mol. The zero-order chi connectivity index (χ0) is 16.8. The maximum Gasteiger partial charge on any atom is 0.342 e. The van der Waals surface area contributed by atoms with Crippen LogP contribution in [0.15, 0.2) is 48.5 Å². The van der Waals surface area contributed by atoms with Crippen molar-refractivity contribution in [3.63, 3.8) is 0 Å². The second-order valence-electron chi connectivity index (χ2n) is 5.67. The third-order valence-electron chi connectivity index (χ3n) is 3.87. The smallest absolute Gasteiger partial charge is 0.342 e. The van der Waals surface area contributed by atoms with E-state index in [2.05, 4.69) is 0 Å². The van der Waals surface area contributed by atoms with Crippen molar-refractivity contribution in [3.8, 4) is 11.5 Å². The van der Waals surface area contributed by atoms with Crippen LogP contribution in [0.3, 0.4) is 0 Å². The highest BCUT2D eigenvalue weighted by molar-refractivity contribution is 5.92. The van der Waals surface area contributed by atoms with Gasteiger partial charge >= 0.3 is 5.97 Å². The number of esters is 1. The van der Waals surface area contributed by atoms with Crippen molar-refractivity contribution in [1.82, 2.24) is 0 Å². The van der Waals surface area contributed by atoms with E-state index in [-0.39, 0.29) is 24.0 Å². The Balaban J connectivity index is 1.65. The van der Waals surface area contributed by atoms with Gasteiger partial charge in [-0.1, -0.05) is 30.3 Å². The highest BCUT2D eigenvalue weighted by Crippen LogP contribution is 2.26. The van der Waals surface area contributed by atoms with E-state index in [4.69, 9.17) is 14.2 Å². The number of hydrogen-bond acceptors (Lipinski definition) is 5. The van der Waals surface area contributed by atoms with E-state index in [9.17, 15) is 9.90 Å². The van der Waals surface area contributed by atoms with Crippen LogP contribution in [0.1, 0.15) is 28.8 Å². The third kappa shape index (κ3) is 4.26. The first-order valence-corrected chi connectivity index (χ1v) is 8.01. The fraction of sp³-hybridized carbons (Fsp3) is 0.316. The monoisotopic (exact) mass is 328 g/mol. The SMILES string of the molecule is O=C(OCc1ccccc1)c1cc(OC2CCOCC2)ccc1O. The number of aromatic hydroxyl groups is 1. The van der Waals surface area contributed by atoms with Gasteiger partial charge in [-0.2, -0.15) is 0 Å². The summed E-state index contributed by atoms with van der Waals surface area (Å²) in [6.07, 6.45) is 1.69. The molecule has 1 aliphatic rings. The van der Waals surface area contributed by atoms with Gasteiger partial charge in [-0.25, -0.2) is 4.79 Å². The fourth-order valence-electron chi connectivity index (χ4n) is 2.54. The summed E-state index contributed by atoms with van der Waals surface area (Å²) in [6.45, 7) is 1.51. The number of ether oxygens (including phenoxy) is 3. The largest absolute Gasteiger partial charge is 0.507 e. The molecule has 0 radical (unpaired) electrons. The maximum absolute atomic E-state index is 12.2. The van der Waals surface area contributed by atoms with Crippen molar-refractivity contribution in [3.05, 3.63) is 59.7 Å². The predicted molar refractivity (Wildman–Crippen MR) is 88.1 cm³/mol. The number of phenolic OH excluding ortho intramolecular Hbond substituents is 1. The van der Waals surface area contributed by atoms with Crippen molar-refractivity contribution in [2.75, 3.05) is 13.2 Å². The first-order valence-electron chi connectivity index (χ1n) is 8.01. The van der Waals surface area contributed by atoms with Crippen LogP contribution in [-0.4, -0.2) is 30.4 Å². The highest BCUT2D eigenvalue weighted by atomic mass is 16.5. The quantitative estimate of drug-likeness (QED) is 0.853. The molecule has 0 aromatic heterocycles. The van der Waals surface area contributed by atoms with Gasteiger partial charge in [-0.3, -0.25) is 0 Å². The summed E-state index contributed by atoms with van der Waals surface area (Å²) in [7, 11) is 0. The molecule has 0 spiro atoms. The Bertz CT molecular complexity index is 677. The summed E-state index contributed by atoms with van der Waals surface area (Å²) in [5.74, 6) is -0.146. The Morgan fingerprint density at radius 2 is 1.88 bits per heavy atom. The van der Waals surface area contributed by atoms with E-state index in [0.29, 0.717) is 19.0 Å². The molecule has 2 aromatic rings. The normalized spacial score (nSPS) is 15.0. The van der Waals surface area contributed by atoms with E-state index in [0.717, 1.165) is 18.4 Å². The molecule has 5 nitrogen and oxygen atoms in total. The van der Waals surface area contributed by atoms with E-state index in [1.807, 2.05) is 30.3 Å². The van der Waals surface area contributed by atoms with Gasteiger partial charge < -0.3 is 19.3 Å². The lowest BCUT2D eigenvalue weighted by atomic mass is 10.1. The molecule has 0 aliphatic carbocycles. The van der Waals surface area contributed by atoms with Gasteiger partial charge in [0.1, 0.15) is 29.8 Å². The van der Waals surface area contributed by atoms with Crippen molar-refractivity contribution in [1.29, 1.82) is 0 Å². The molecule has 126 valence electrons. The van der Waals surface area contributed by atoms with Crippen LogP contribution in [0.2, 0.25) is 0 Å². The summed E-state index contributed by atoms with van der Waals surface area (Å²) in [6, 6.07) is 14.0. The minimum absolute atomic E-state index is 0.0662. The number of benzene rings is 2. The minimum Gasteiger partial charge on any atom is -0.507 e. The lowest BCUT2D eigenvalue weighted by Crippen LogP contribution is -2.25. The van der Waals surface area contributed by atoms with E-state index in [1.54, 1.807) is 6.07 Å². The average Bonchev–Trinajstić information content (AvgIpc) is 2.63. The predicted octanol–water partition coefficient (Wildman–Crippen LogP) is 3.31. The topological polar surface area (TPSA) is 65.0 Å². The standard InChI is InChI=1S/C19H20O5/c20-18-7-6-16(24-15-8-10-22-11-9-15)12-17(18)19(21)23-13-14-4-2-1-3-5-14/h1-7,12,15,20H,8-11,13H2. The molecule has 0 unspecified atom stereocenters.